The van der Waals surface area contributed by atoms with Crippen LogP contribution < -0.4 is 15.4 Å². The van der Waals surface area contributed by atoms with Crippen LogP contribution in [0.5, 0.6) is 5.75 Å². The molecule has 0 bridgehead atoms. The van der Waals surface area contributed by atoms with Crippen molar-refractivity contribution in [3.63, 3.8) is 0 Å². The maximum Gasteiger partial charge on any atom is 0.433 e. The minimum Gasteiger partial charge on any atom is -0.494 e. The fourth-order valence-electron chi connectivity index (χ4n) is 2.83. The van der Waals surface area contributed by atoms with Crippen LogP contribution in [-0.4, -0.2) is 30.6 Å². The molecule has 2 aromatic carbocycles. The Morgan fingerprint density at radius 3 is 2.25 bits per heavy atom. The number of carbonyl (C=O) groups is 1. The highest BCUT2D eigenvalue weighted by Crippen LogP contribution is 2.56. The first kappa shape index (κ1) is 26.6. The Morgan fingerprint density at radius 2 is 1.78 bits per heavy atom. The van der Waals surface area contributed by atoms with Crippen LogP contribution in [-0.2, 0) is 5.67 Å². The van der Waals surface area contributed by atoms with Gasteiger partial charge in [-0.2, -0.15) is 22.0 Å². The highest BCUT2D eigenvalue weighted by Gasteiger charge is 2.71. The monoisotopic (exact) mass is 610 g/mol. The van der Waals surface area contributed by atoms with Crippen molar-refractivity contribution in [2.24, 2.45) is 0 Å². The lowest BCUT2D eigenvalue weighted by Gasteiger charge is -2.32. The van der Waals surface area contributed by atoms with Gasteiger partial charge < -0.3 is 15.4 Å². The molecule has 0 aromatic heterocycles. The second kappa shape index (κ2) is 9.68. The Morgan fingerprint density at radius 1 is 1.16 bits per heavy atom. The van der Waals surface area contributed by atoms with Crippen LogP contribution >= 0.6 is 43.5 Å². The fourth-order valence-corrected chi connectivity index (χ4v) is 4.22. The quantitative estimate of drug-likeness (QED) is 0.252. The van der Waals surface area contributed by atoms with Crippen LogP contribution in [0.15, 0.2) is 34.8 Å². The smallest absolute Gasteiger partial charge is 0.433 e. The van der Waals surface area contributed by atoms with E-state index in [2.05, 4.69) is 26.6 Å². The fraction of sp³-hybridized carbons (Fsp3) is 0.316. The average Bonchev–Trinajstić information content (AvgIpc) is 2.68. The van der Waals surface area contributed by atoms with Gasteiger partial charge in [-0.3, -0.25) is 4.79 Å². The number of benzene rings is 2. The summed E-state index contributed by atoms with van der Waals surface area (Å²) in [7, 11) is 1.34. The molecular formula is C19H15Br2ClF6N2O2. The second-order valence-corrected chi connectivity index (χ2v) is 8.60. The Hall–Kier alpha value is -1.66. The molecule has 4 nitrogen and oxygen atoms in total. The number of carbonyl (C=O) groups excluding carboxylic acids is 1. The lowest BCUT2D eigenvalue weighted by Crippen LogP contribution is -2.49. The van der Waals surface area contributed by atoms with Gasteiger partial charge in [-0.15, -0.1) is 0 Å². The molecule has 2 N–H and O–H groups in total. The zero-order chi connectivity index (χ0) is 24.5. The highest BCUT2D eigenvalue weighted by atomic mass is 79.9. The van der Waals surface area contributed by atoms with Crippen molar-refractivity contribution in [1.82, 2.24) is 0 Å². The van der Waals surface area contributed by atoms with E-state index >= 15 is 0 Å². The summed E-state index contributed by atoms with van der Waals surface area (Å²) in [6.45, 7) is 2.36. The molecule has 1 unspecified atom stereocenters. The minimum absolute atomic E-state index is 0.0557. The molecule has 32 heavy (non-hydrogen) atoms. The summed E-state index contributed by atoms with van der Waals surface area (Å²) in [5, 5.41) is 4.76. The normalized spacial score (nSPS) is 14.0. The molecule has 1 amide bonds. The number of rotatable bonds is 7. The molecule has 0 aliphatic heterocycles. The Bertz CT molecular complexity index is 977. The van der Waals surface area contributed by atoms with E-state index in [1.807, 2.05) is 6.92 Å². The largest absolute Gasteiger partial charge is 0.494 e. The molecule has 13 heteroatoms. The molecule has 176 valence electrons. The number of alkyl halides is 7. The molecule has 0 aliphatic rings. The predicted octanol–water partition coefficient (Wildman–Crippen LogP) is 7.51. The molecule has 0 radical (unpaired) electrons. The highest BCUT2D eigenvalue weighted by molar-refractivity contribution is 9.10. The van der Waals surface area contributed by atoms with Crippen LogP contribution in [0.1, 0.15) is 22.8 Å². The topological polar surface area (TPSA) is 50.4 Å². The molecule has 0 spiro atoms. The van der Waals surface area contributed by atoms with Gasteiger partial charge in [-0.1, -0.05) is 17.7 Å². The van der Waals surface area contributed by atoms with Crippen LogP contribution in [0.4, 0.5) is 37.7 Å². The molecule has 0 saturated heterocycles. The number of anilines is 2. The Kier molecular flexibility index (Phi) is 8.04. The number of halogens is 9. The zero-order valence-electron chi connectivity index (χ0n) is 16.3. The predicted molar refractivity (Wildman–Crippen MR) is 117 cm³/mol. The molecule has 2 rings (SSSR count). The van der Waals surface area contributed by atoms with E-state index in [9.17, 15) is 31.1 Å². The van der Waals surface area contributed by atoms with Gasteiger partial charge in [0, 0.05) is 16.6 Å². The number of amides is 1. The summed E-state index contributed by atoms with van der Waals surface area (Å²) >= 11 is 10.3. The third-order valence-electron chi connectivity index (χ3n) is 4.29. The summed E-state index contributed by atoms with van der Waals surface area (Å²) in [6, 6.07) is 5.49. The van der Waals surface area contributed by atoms with Crippen LogP contribution in [0.3, 0.4) is 0 Å². The van der Waals surface area contributed by atoms with Crippen molar-refractivity contribution in [3.05, 3.63) is 51.0 Å². The third-order valence-corrected chi connectivity index (χ3v) is 5.76. The van der Waals surface area contributed by atoms with Gasteiger partial charge >= 0.3 is 16.7 Å². The van der Waals surface area contributed by atoms with Crippen molar-refractivity contribution >= 4 is 60.7 Å². The van der Waals surface area contributed by atoms with Crippen molar-refractivity contribution in [1.29, 1.82) is 0 Å². The van der Waals surface area contributed by atoms with Gasteiger partial charge in [0.2, 0.25) is 0 Å². The number of methoxy groups -OCH3 is 1. The van der Waals surface area contributed by atoms with Gasteiger partial charge in [-0.25, -0.2) is 4.39 Å². The maximum atomic E-state index is 14.7. The van der Waals surface area contributed by atoms with E-state index in [1.54, 1.807) is 12.1 Å². The van der Waals surface area contributed by atoms with Crippen LogP contribution in [0, 0.1) is 0 Å². The average molecular weight is 613 g/mol. The van der Waals surface area contributed by atoms with Gasteiger partial charge in [0.1, 0.15) is 0 Å². The molecule has 0 fully saturated rings. The molecule has 0 saturated carbocycles. The number of ether oxygens (including phenoxy) is 1. The Labute approximate surface area is 200 Å². The second-order valence-electron chi connectivity index (χ2n) is 6.34. The summed E-state index contributed by atoms with van der Waals surface area (Å²) in [5.74, 6) is -0.570. The van der Waals surface area contributed by atoms with E-state index < -0.39 is 33.2 Å². The molecule has 0 aliphatic carbocycles. The number of nitrogens with one attached hydrogen (secondary N) is 2. The SMILES string of the molecule is CCNc1cccc(C(=O)Nc2c(Cl)cc(C(F)(C(F)(F)F)C(F)(F)Br)cc2Br)c1OC. The molecule has 0 heterocycles. The van der Waals surface area contributed by atoms with Crippen molar-refractivity contribution in [3.8, 4) is 5.75 Å². The summed E-state index contributed by atoms with van der Waals surface area (Å²) in [5.41, 5.74) is -6.24. The first-order chi connectivity index (χ1) is 14.7. The standard InChI is InChI=1S/C19H15Br2ClF6N2O2/c1-3-29-13-6-4-5-10(15(13)32-2)16(31)30-14-11(20)7-9(8-12(14)22)17(23,18(21,24)25)19(26,27)28/h4-8,29H,3H2,1-2H3,(H,30,31). The third kappa shape index (κ3) is 4.96. The van der Waals surface area contributed by atoms with Gasteiger partial charge in [-0.05, 0) is 63.0 Å². The maximum absolute atomic E-state index is 14.7. The van der Waals surface area contributed by atoms with Crippen molar-refractivity contribution in [2.45, 2.75) is 23.6 Å². The first-order valence-corrected chi connectivity index (χ1v) is 10.7. The van der Waals surface area contributed by atoms with Gasteiger partial charge in [0.25, 0.3) is 5.91 Å². The lowest BCUT2D eigenvalue weighted by molar-refractivity contribution is -0.282. The molecule has 1 atom stereocenters. The number of hydrogen-bond donors (Lipinski definition) is 2. The van der Waals surface area contributed by atoms with E-state index in [0.717, 1.165) is 0 Å². The van der Waals surface area contributed by atoms with Gasteiger partial charge in [0.15, 0.2) is 5.75 Å². The first-order valence-electron chi connectivity index (χ1n) is 8.73. The summed E-state index contributed by atoms with van der Waals surface area (Å²) in [4.78, 5) is 7.78. The van der Waals surface area contributed by atoms with E-state index in [0.29, 0.717) is 24.4 Å². The number of hydrogen-bond acceptors (Lipinski definition) is 3. The van der Waals surface area contributed by atoms with E-state index in [-0.39, 0.29) is 21.5 Å². The molecule has 2 aromatic rings. The Balaban J connectivity index is 2.51. The summed E-state index contributed by atoms with van der Waals surface area (Å²) in [6.07, 6.45) is -5.98. The van der Waals surface area contributed by atoms with E-state index in [4.69, 9.17) is 16.3 Å². The van der Waals surface area contributed by atoms with E-state index in [1.165, 1.54) is 29.1 Å². The van der Waals surface area contributed by atoms with Crippen molar-refractivity contribution < 1.29 is 35.9 Å². The number of para-hydroxylation sites is 1. The van der Waals surface area contributed by atoms with Crippen LogP contribution in [0.25, 0.3) is 0 Å². The molecular weight excluding hydrogens is 597 g/mol. The minimum atomic E-state index is -5.98. The van der Waals surface area contributed by atoms with Crippen LogP contribution in [0.2, 0.25) is 5.02 Å². The van der Waals surface area contributed by atoms with Crippen molar-refractivity contribution in [2.75, 3.05) is 24.3 Å². The zero-order valence-corrected chi connectivity index (χ0v) is 20.2. The lowest BCUT2D eigenvalue weighted by atomic mass is 9.95. The summed E-state index contributed by atoms with van der Waals surface area (Å²) < 4.78 is 86.5. The van der Waals surface area contributed by atoms with Gasteiger partial charge in [0.05, 0.1) is 29.1 Å².